The molecule has 0 nitrogen and oxygen atoms in total. The number of hydrogen-bond acceptors (Lipinski definition) is 0. The van der Waals surface area contributed by atoms with Crippen molar-refractivity contribution in [1.82, 2.24) is 0 Å². The van der Waals surface area contributed by atoms with E-state index in [0.717, 1.165) is 16.7 Å². The Morgan fingerprint density at radius 1 is 0.929 bits per heavy atom. The predicted molar refractivity (Wildman–Crippen MR) is 55.8 cm³/mol. The fourth-order valence-electron chi connectivity index (χ4n) is 1.93. The van der Waals surface area contributed by atoms with Gasteiger partial charge in [-0.25, -0.2) is 4.39 Å². The third-order valence-corrected chi connectivity index (χ3v) is 2.76. The highest BCUT2D eigenvalue weighted by atomic mass is 35.5. The van der Waals surface area contributed by atoms with E-state index in [1.165, 1.54) is 6.07 Å². The molecule has 1 aliphatic rings. The van der Waals surface area contributed by atoms with E-state index in [4.69, 9.17) is 11.6 Å². The second-order valence-corrected chi connectivity index (χ2v) is 3.79. The van der Waals surface area contributed by atoms with Crippen molar-refractivity contribution in [2.45, 2.75) is 0 Å². The summed E-state index contributed by atoms with van der Waals surface area (Å²) in [5.74, 6) is -0.230. The molecule has 0 bridgehead atoms. The van der Waals surface area contributed by atoms with Crippen LogP contribution in [0.3, 0.4) is 0 Å². The Bertz CT molecular complexity index is 532. The predicted octanol–water partition coefficient (Wildman–Crippen LogP) is 4.13. The summed E-state index contributed by atoms with van der Waals surface area (Å²) in [6.45, 7) is 0. The summed E-state index contributed by atoms with van der Waals surface area (Å²) < 4.78 is 13.5. The van der Waals surface area contributed by atoms with Crippen molar-refractivity contribution in [1.29, 1.82) is 0 Å². The van der Waals surface area contributed by atoms with Crippen LogP contribution in [0.15, 0.2) is 36.4 Å². The van der Waals surface area contributed by atoms with Gasteiger partial charge in [-0.15, -0.1) is 0 Å². The fourth-order valence-corrected chi connectivity index (χ4v) is 2.14. The molecule has 0 saturated carbocycles. The van der Waals surface area contributed by atoms with Crippen molar-refractivity contribution in [2.24, 2.45) is 0 Å². The summed E-state index contributed by atoms with van der Waals surface area (Å²) in [5.41, 5.74) is 3.69. The number of halogens is 2. The molecule has 0 radical (unpaired) electrons. The number of benzene rings is 2. The quantitative estimate of drug-likeness (QED) is 0.517. The Kier molecular flexibility index (Phi) is 1.48. The van der Waals surface area contributed by atoms with Gasteiger partial charge in [-0.2, -0.15) is 0 Å². The van der Waals surface area contributed by atoms with E-state index in [0.29, 0.717) is 10.6 Å². The van der Waals surface area contributed by atoms with Gasteiger partial charge in [-0.1, -0.05) is 35.9 Å². The van der Waals surface area contributed by atoms with Crippen LogP contribution in [-0.4, -0.2) is 0 Å². The zero-order chi connectivity index (χ0) is 9.71. The molecular weight excluding hydrogens is 199 g/mol. The molecule has 0 atom stereocenters. The molecule has 0 amide bonds. The zero-order valence-corrected chi connectivity index (χ0v) is 7.98. The number of fused-ring (bicyclic) bond motifs is 4. The maximum Gasteiger partial charge on any atom is 0.133 e. The summed E-state index contributed by atoms with van der Waals surface area (Å²) in [6, 6.07) is 10.9. The molecule has 0 unspecified atom stereocenters. The highest BCUT2D eigenvalue weighted by molar-refractivity contribution is 6.31. The van der Waals surface area contributed by atoms with E-state index in [-0.39, 0.29) is 5.82 Å². The number of rotatable bonds is 0. The second-order valence-electron chi connectivity index (χ2n) is 3.36. The summed E-state index contributed by atoms with van der Waals surface area (Å²) in [4.78, 5) is 0. The first-order chi connectivity index (χ1) is 6.77. The fraction of sp³-hybridized carbons (Fsp3) is 0. The van der Waals surface area contributed by atoms with Gasteiger partial charge in [0.05, 0.1) is 0 Å². The van der Waals surface area contributed by atoms with Crippen molar-refractivity contribution in [2.75, 3.05) is 0 Å². The lowest BCUT2D eigenvalue weighted by molar-refractivity contribution is 0.631. The molecule has 0 spiro atoms. The molecule has 0 aromatic heterocycles. The lowest BCUT2D eigenvalue weighted by atomic mass is 9.80. The van der Waals surface area contributed by atoms with Gasteiger partial charge in [-0.05, 0) is 28.8 Å². The second kappa shape index (κ2) is 2.58. The van der Waals surface area contributed by atoms with Gasteiger partial charge in [0, 0.05) is 10.6 Å². The molecule has 2 aromatic carbocycles. The minimum Gasteiger partial charge on any atom is -0.206 e. The molecule has 2 aromatic rings. The van der Waals surface area contributed by atoms with Gasteiger partial charge < -0.3 is 0 Å². The first-order valence-electron chi connectivity index (χ1n) is 4.36. The van der Waals surface area contributed by atoms with Gasteiger partial charge in [0.15, 0.2) is 0 Å². The smallest absolute Gasteiger partial charge is 0.133 e. The summed E-state index contributed by atoms with van der Waals surface area (Å²) >= 11 is 5.78. The molecule has 2 heteroatoms. The standard InChI is InChI=1S/C12H6ClF/c13-7-5-10-8-3-1-2-4-9(8)12(10)11(14)6-7/h1-6H. The lowest BCUT2D eigenvalue weighted by Crippen LogP contribution is -2.01. The molecular formula is C12H6ClF. The monoisotopic (exact) mass is 204 g/mol. The van der Waals surface area contributed by atoms with Crippen LogP contribution in [0.4, 0.5) is 4.39 Å². The summed E-state index contributed by atoms with van der Waals surface area (Å²) in [5, 5.41) is 0.454. The molecule has 1 aliphatic carbocycles. The van der Waals surface area contributed by atoms with Gasteiger partial charge in [0.25, 0.3) is 0 Å². The molecule has 0 saturated heterocycles. The third kappa shape index (κ3) is 0.878. The molecule has 0 fully saturated rings. The topological polar surface area (TPSA) is 0 Å². The van der Waals surface area contributed by atoms with Crippen LogP contribution < -0.4 is 0 Å². The van der Waals surface area contributed by atoms with Crippen LogP contribution in [0.25, 0.3) is 22.3 Å². The third-order valence-electron chi connectivity index (χ3n) is 2.54. The van der Waals surface area contributed by atoms with Gasteiger partial charge in [0.1, 0.15) is 5.82 Å². The van der Waals surface area contributed by atoms with Crippen LogP contribution in [0, 0.1) is 5.82 Å². The average molecular weight is 205 g/mol. The maximum absolute atomic E-state index is 13.5. The van der Waals surface area contributed by atoms with E-state index in [1.54, 1.807) is 0 Å². The largest absolute Gasteiger partial charge is 0.206 e. The minimum absolute atomic E-state index is 0.230. The Hall–Kier alpha value is -1.34. The number of hydrogen-bond donors (Lipinski definition) is 0. The Balaban J connectivity index is 2.33. The van der Waals surface area contributed by atoms with Crippen LogP contribution in [0.5, 0.6) is 0 Å². The van der Waals surface area contributed by atoms with Crippen LogP contribution in [0.2, 0.25) is 5.02 Å². The first kappa shape index (κ1) is 8.01. The zero-order valence-electron chi connectivity index (χ0n) is 7.22. The van der Waals surface area contributed by atoms with E-state index in [2.05, 4.69) is 0 Å². The van der Waals surface area contributed by atoms with Crippen LogP contribution >= 0.6 is 11.6 Å². The van der Waals surface area contributed by atoms with Crippen molar-refractivity contribution >= 4 is 11.6 Å². The molecule has 14 heavy (non-hydrogen) atoms. The molecule has 0 aliphatic heterocycles. The minimum atomic E-state index is -0.230. The molecule has 0 N–H and O–H groups in total. The van der Waals surface area contributed by atoms with Crippen LogP contribution in [-0.2, 0) is 0 Å². The van der Waals surface area contributed by atoms with Crippen molar-refractivity contribution in [3.05, 3.63) is 47.2 Å². The Morgan fingerprint density at radius 2 is 1.64 bits per heavy atom. The molecule has 0 heterocycles. The summed E-state index contributed by atoms with van der Waals surface area (Å²) in [6.07, 6.45) is 0. The summed E-state index contributed by atoms with van der Waals surface area (Å²) in [7, 11) is 0. The van der Waals surface area contributed by atoms with E-state index in [1.807, 2.05) is 30.3 Å². The van der Waals surface area contributed by atoms with Crippen molar-refractivity contribution < 1.29 is 4.39 Å². The van der Waals surface area contributed by atoms with Gasteiger partial charge >= 0.3 is 0 Å². The highest BCUT2D eigenvalue weighted by Gasteiger charge is 2.25. The SMILES string of the molecule is Fc1cc(Cl)cc2c1-c1ccccc1-2. The van der Waals surface area contributed by atoms with E-state index >= 15 is 0 Å². The van der Waals surface area contributed by atoms with Crippen molar-refractivity contribution in [3.63, 3.8) is 0 Å². The Labute approximate surface area is 86.0 Å². The van der Waals surface area contributed by atoms with Gasteiger partial charge in [0.2, 0.25) is 0 Å². The molecule has 3 rings (SSSR count). The maximum atomic E-state index is 13.5. The lowest BCUT2D eigenvalue weighted by Gasteiger charge is -2.24. The highest BCUT2D eigenvalue weighted by Crippen LogP contribution is 2.49. The van der Waals surface area contributed by atoms with Crippen LogP contribution in [0.1, 0.15) is 0 Å². The molecule has 68 valence electrons. The first-order valence-corrected chi connectivity index (χ1v) is 4.74. The van der Waals surface area contributed by atoms with Crippen molar-refractivity contribution in [3.8, 4) is 22.3 Å². The van der Waals surface area contributed by atoms with E-state index in [9.17, 15) is 4.39 Å². The average Bonchev–Trinajstić information content (AvgIpc) is 2.14. The normalized spacial score (nSPS) is 11.6. The van der Waals surface area contributed by atoms with E-state index < -0.39 is 0 Å². The Morgan fingerprint density at radius 3 is 2.43 bits per heavy atom. The van der Waals surface area contributed by atoms with Gasteiger partial charge in [-0.3, -0.25) is 0 Å².